The van der Waals surface area contributed by atoms with Crippen molar-refractivity contribution in [2.75, 3.05) is 22.4 Å². The Bertz CT molecular complexity index is 962. The number of nitrogens with zero attached hydrogens (tertiary/aromatic N) is 2. The van der Waals surface area contributed by atoms with Crippen molar-refractivity contribution in [3.63, 3.8) is 0 Å². The number of nitro benzene ring substituents is 1. The van der Waals surface area contributed by atoms with Crippen molar-refractivity contribution >= 4 is 44.6 Å². The van der Waals surface area contributed by atoms with Crippen LogP contribution in [0, 0.1) is 17.0 Å². The van der Waals surface area contributed by atoms with Gasteiger partial charge in [-0.2, -0.15) is 0 Å². The molecule has 1 N–H and O–H groups in total. The number of nitro groups is 1. The Hall–Kier alpha value is -2.65. The molecule has 0 aromatic heterocycles. The van der Waals surface area contributed by atoms with Gasteiger partial charge in [0, 0.05) is 12.1 Å². The molecule has 0 saturated heterocycles. The summed E-state index contributed by atoms with van der Waals surface area (Å²) in [6, 6.07) is 10.3. The number of para-hydroxylation sites is 1. The average Bonchev–Trinajstić information content (AvgIpc) is 2.54. The Morgan fingerprint density at radius 3 is 2.50 bits per heavy atom. The van der Waals surface area contributed by atoms with Gasteiger partial charge in [0.25, 0.3) is 5.69 Å². The van der Waals surface area contributed by atoms with Crippen LogP contribution in [0.2, 0.25) is 5.02 Å². The van der Waals surface area contributed by atoms with E-state index >= 15 is 0 Å². The largest absolute Gasteiger partial charge is 0.323 e. The number of sulfonamides is 1. The van der Waals surface area contributed by atoms with Crippen molar-refractivity contribution in [1.82, 2.24) is 0 Å². The maximum Gasteiger partial charge on any atom is 0.271 e. The molecule has 0 heterocycles. The molecule has 10 heteroatoms. The van der Waals surface area contributed by atoms with Crippen LogP contribution in [-0.4, -0.2) is 32.0 Å². The van der Waals surface area contributed by atoms with Gasteiger partial charge in [0.1, 0.15) is 6.54 Å². The van der Waals surface area contributed by atoms with Crippen LogP contribution < -0.4 is 9.62 Å². The molecule has 0 saturated carbocycles. The van der Waals surface area contributed by atoms with Gasteiger partial charge in [-0.1, -0.05) is 29.8 Å². The van der Waals surface area contributed by atoms with Crippen LogP contribution in [0.3, 0.4) is 0 Å². The van der Waals surface area contributed by atoms with Crippen LogP contribution in [0.15, 0.2) is 42.5 Å². The monoisotopic (exact) mass is 397 g/mol. The molecule has 0 bridgehead atoms. The lowest BCUT2D eigenvalue weighted by Gasteiger charge is -2.23. The number of nitrogens with one attached hydrogen (secondary N) is 1. The van der Waals surface area contributed by atoms with Gasteiger partial charge in [0.05, 0.1) is 27.6 Å². The minimum Gasteiger partial charge on any atom is -0.323 e. The van der Waals surface area contributed by atoms with Crippen LogP contribution in [0.1, 0.15) is 5.56 Å². The quantitative estimate of drug-likeness (QED) is 0.595. The summed E-state index contributed by atoms with van der Waals surface area (Å²) in [6.07, 6.45) is 0.993. The summed E-state index contributed by atoms with van der Waals surface area (Å²) in [4.78, 5) is 22.6. The molecule has 138 valence electrons. The molecule has 1 amide bonds. The molecule has 26 heavy (non-hydrogen) atoms. The van der Waals surface area contributed by atoms with Crippen molar-refractivity contribution in [1.29, 1.82) is 0 Å². The molecule has 8 nitrogen and oxygen atoms in total. The van der Waals surface area contributed by atoms with Crippen LogP contribution in [0.5, 0.6) is 0 Å². The minimum absolute atomic E-state index is 0.0316. The van der Waals surface area contributed by atoms with E-state index < -0.39 is 27.4 Å². The molecular weight excluding hydrogens is 382 g/mol. The van der Waals surface area contributed by atoms with E-state index in [4.69, 9.17) is 11.6 Å². The van der Waals surface area contributed by atoms with Gasteiger partial charge in [0.15, 0.2) is 0 Å². The predicted molar refractivity (Wildman–Crippen MR) is 100 cm³/mol. The zero-order valence-electron chi connectivity index (χ0n) is 14.0. The molecule has 2 rings (SSSR count). The summed E-state index contributed by atoms with van der Waals surface area (Å²) < 4.78 is 25.2. The summed E-state index contributed by atoms with van der Waals surface area (Å²) in [5.41, 5.74) is 0.835. The number of hydrogen-bond donors (Lipinski definition) is 1. The lowest BCUT2D eigenvalue weighted by atomic mass is 10.2. The summed E-state index contributed by atoms with van der Waals surface area (Å²) in [6.45, 7) is 1.23. The second kappa shape index (κ2) is 7.71. The highest BCUT2D eigenvalue weighted by Gasteiger charge is 2.23. The molecule has 0 fully saturated rings. The second-order valence-corrected chi connectivity index (χ2v) is 7.84. The lowest BCUT2D eigenvalue weighted by Crippen LogP contribution is -2.37. The smallest absolute Gasteiger partial charge is 0.271 e. The number of hydrogen-bond acceptors (Lipinski definition) is 5. The Labute approximate surface area is 155 Å². The van der Waals surface area contributed by atoms with Gasteiger partial charge in [-0.05, 0) is 24.6 Å². The number of non-ortho nitro benzene ring substituents is 1. The topological polar surface area (TPSA) is 110 Å². The highest BCUT2D eigenvalue weighted by Crippen LogP contribution is 2.27. The van der Waals surface area contributed by atoms with Crippen molar-refractivity contribution in [3.05, 3.63) is 63.2 Å². The molecule has 0 aliphatic carbocycles. The molecule has 0 aliphatic heterocycles. The zero-order chi connectivity index (χ0) is 19.5. The Balaban J connectivity index is 2.28. The minimum atomic E-state index is -3.73. The highest BCUT2D eigenvalue weighted by atomic mass is 35.5. The van der Waals surface area contributed by atoms with Crippen LogP contribution in [0.25, 0.3) is 0 Å². The van der Waals surface area contributed by atoms with E-state index in [0.29, 0.717) is 11.3 Å². The maximum absolute atomic E-state index is 12.3. The maximum atomic E-state index is 12.3. The lowest BCUT2D eigenvalue weighted by molar-refractivity contribution is -0.384. The van der Waals surface area contributed by atoms with Crippen molar-refractivity contribution < 1.29 is 18.1 Å². The van der Waals surface area contributed by atoms with Gasteiger partial charge >= 0.3 is 0 Å². The van der Waals surface area contributed by atoms with Gasteiger partial charge in [-0.15, -0.1) is 0 Å². The number of anilines is 2. The Morgan fingerprint density at radius 1 is 1.27 bits per heavy atom. The Morgan fingerprint density at radius 2 is 1.92 bits per heavy atom. The second-order valence-electron chi connectivity index (χ2n) is 5.53. The molecule has 0 atom stereocenters. The number of amides is 1. The van der Waals surface area contributed by atoms with E-state index in [9.17, 15) is 23.3 Å². The molecule has 0 spiro atoms. The van der Waals surface area contributed by atoms with E-state index in [0.717, 1.165) is 16.6 Å². The van der Waals surface area contributed by atoms with E-state index in [1.165, 1.54) is 12.1 Å². The zero-order valence-corrected chi connectivity index (χ0v) is 15.5. The van der Waals surface area contributed by atoms with Crippen LogP contribution in [0.4, 0.5) is 17.1 Å². The third-order valence-corrected chi connectivity index (χ3v) is 4.96. The van der Waals surface area contributed by atoms with Gasteiger partial charge < -0.3 is 5.32 Å². The highest BCUT2D eigenvalue weighted by molar-refractivity contribution is 7.92. The van der Waals surface area contributed by atoms with E-state index in [2.05, 4.69) is 5.32 Å². The van der Waals surface area contributed by atoms with Crippen molar-refractivity contribution in [3.8, 4) is 0 Å². The first-order chi connectivity index (χ1) is 12.1. The average molecular weight is 398 g/mol. The molecule has 2 aromatic rings. The predicted octanol–water partition coefficient (Wildman–Crippen LogP) is 2.96. The first-order valence-corrected chi connectivity index (χ1v) is 9.59. The number of rotatable bonds is 6. The van der Waals surface area contributed by atoms with Crippen LogP contribution in [-0.2, 0) is 14.8 Å². The third kappa shape index (κ3) is 4.70. The summed E-state index contributed by atoms with van der Waals surface area (Å²) in [5, 5.41) is 13.4. The number of carbonyl (C=O) groups excluding carboxylic acids is 1. The van der Waals surface area contributed by atoms with Crippen molar-refractivity contribution in [2.24, 2.45) is 0 Å². The molecule has 2 aromatic carbocycles. The number of aryl methyl sites for hydroxylation is 1. The van der Waals surface area contributed by atoms with E-state index in [1.54, 1.807) is 31.2 Å². The van der Waals surface area contributed by atoms with Gasteiger partial charge in [-0.25, -0.2) is 8.42 Å². The fourth-order valence-corrected chi connectivity index (χ4v) is 3.35. The fraction of sp³-hybridized carbons (Fsp3) is 0.188. The summed E-state index contributed by atoms with van der Waals surface area (Å²) in [7, 11) is -3.73. The molecule has 0 unspecified atom stereocenters. The number of carbonyl (C=O) groups is 1. The third-order valence-electron chi connectivity index (χ3n) is 3.51. The van der Waals surface area contributed by atoms with E-state index in [-0.39, 0.29) is 16.4 Å². The van der Waals surface area contributed by atoms with Gasteiger partial charge in [-0.3, -0.25) is 19.2 Å². The Kier molecular flexibility index (Phi) is 5.83. The fourth-order valence-electron chi connectivity index (χ4n) is 2.27. The van der Waals surface area contributed by atoms with E-state index in [1.807, 2.05) is 0 Å². The number of benzene rings is 2. The molecular formula is C16H16ClN3O5S. The van der Waals surface area contributed by atoms with Crippen LogP contribution >= 0.6 is 11.6 Å². The molecule has 0 radical (unpaired) electrons. The van der Waals surface area contributed by atoms with Crippen molar-refractivity contribution in [2.45, 2.75) is 6.92 Å². The molecule has 0 aliphatic rings. The first kappa shape index (κ1) is 19.7. The number of halogens is 1. The summed E-state index contributed by atoms with van der Waals surface area (Å²) >= 11 is 5.94. The SMILES string of the molecule is Cc1ccccc1N(CC(=O)Nc1cc([N+](=O)[O-])ccc1Cl)S(C)(=O)=O. The normalized spacial score (nSPS) is 11.0. The first-order valence-electron chi connectivity index (χ1n) is 7.36. The summed E-state index contributed by atoms with van der Waals surface area (Å²) in [5.74, 6) is -0.680. The van der Waals surface area contributed by atoms with Gasteiger partial charge in [0.2, 0.25) is 15.9 Å². The standard InChI is InChI=1S/C16H16ClN3O5S/c1-11-5-3-4-6-15(11)19(26(2,24)25)10-16(21)18-14-9-12(20(22)23)7-8-13(14)17/h3-9H,10H2,1-2H3,(H,18,21).